The number of hydrogen-bond acceptors (Lipinski definition) is 3. The molecular weight excluding hydrogens is 230 g/mol. The van der Waals surface area contributed by atoms with Crippen molar-refractivity contribution >= 4 is 11.3 Å². The van der Waals surface area contributed by atoms with Crippen LogP contribution < -0.4 is 5.32 Å². The Kier molecular flexibility index (Phi) is 6.17. The van der Waals surface area contributed by atoms with Gasteiger partial charge in [0.15, 0.2) is 0 Å². The minimum absolute atomic E-state index is 0.0775. The summed E-state index contributed by atoms with van der Waals surface area (Å²) in [5.74, 6) is 0. The summed E-state index contributed by atoms with van der Waals surface area (Å²) < 4.78 is 6.11. The Bertz CT molecular complexity index is 293. The van der Waals surface area contributed by atoms with Gasteiger partial charge in [-0.2, -0.15) is 11.3 Å². The molecule has 2 nitrogen and oxygen atoms in total. The second-order valence-corrected chi connectivity index (χ2v) is 5.03. The lowest BCUT2D eigenvalue weighted by atomic mass is 9.84. The van der Waals surface area contributed by atoms with Gasteiger partial charge in [-0.15, -0.1) is 0 Å². The van der Waals surface area contributed by atoms with Crippen molar-refractivity contribution in [3.63, 3.8) is 0 Å². The van der Waals surface area contributed by atoms with Crippen LogP contribution in [0.1, 0.15) is 52.1 Å². The van der Waals surface area contributed by atoms with Crippen LogP contribution in [0.3, 0.4) is 0 Å². The number of hydrogen-bond donors (Lipinski definition) is 1. The molecule has 17 heavy (non-hydrogen) atoms. The van der Waals surface area contributed by atoms with Gasteiger partial charge in [0, 0.05) is 6.61 Å². The summed E-state index contributed by atoms with van der Waals surface area (Å²) in [7, 11) is 0. The first-order chi connectivity index (χ1) is 8.24. The summed E-state index contributed by atoms with van der Waals surface area (Å²) in [6.07, 6.45) is 2.07. The lowest BCUT2D eigenvalue weighted by molar-refractivity contribution is -0.0729. The van der Waals surface area contributed by atoms with Crippen molar-refractivity contribution in [2.45, 2.75) is 52.2 Å². The highest BCUT2D eigenvalue weighted by molar-refractivity contribution is 7.07. The summed E-state index contributed by atoms with van der Waals surface area (Å²) in [5.41, 5.74) is 1.28. The standard InChI is InChI=1S/C14H25NOS/c1-5-14(6-2,16-8-4)13(15-7-3)12-9-10-17-11-12/h9-11,13,15H,5-8H2,1-4H3. The molecule has 0 aliphatic rings. The second-order valence-electron chi connectivity index (χ2n) is 4.25. The normalized spacial score (nSPS) is 13.9. The van der Waals surface area contributed by atoms with Crippen molar-refractivity contribution < 1.29 is 4.74 Å². The van der Waals surface area contributed by atoms with Gasteiger partial charge in [0.2, 0.25) is 0 Å². The highest BCUT2D eigenvalue weighted by Gasteiger charge is 2.37. The Balaban J connectivity index is 3.00. The van der Waals surface area contributed by atoms with E-state index in [0.29, 0.717) is 6.04 Å². The molecule has 0 spiro atoms. The Morgan fingerprint density at radius 2 is 2.00 bits per heavy atom. The molecule has 98 valence electrons. The highest BCUT2D eigenvalue weighted by Crippen LogP contribution is 2.36. The monoisotopic (exact) mass is 255 g/mol. The van der Waals surface area contributed by atoms with E-state index in [2.05, 4.69) is 49.8 Å². The topological polar surface area (TPSA) is 21.3 Å². The first kappa shape index (κ1) is 14.7. The predicted octanol–water partition coefficient (Wildman–Crippen LogP) is 3.99. The van der Waals surface area contributed by atoms with Gasteiger partial charge in [-0.1, -0.05) is 20.8 Å². The summed E-state index contributed by atoms with van der Waals surface area (Å²) in [4.78, 5) is 0. The average Bonchev–Trinajstić information content (AvgIpc) is 2.87. The average molecular weight is 255 g/mol. The van der Waals surface area contributed by atoms with E-state index >= 15 is 0 Å². The summed E-state index contributed by atoms with van der Waals surface area (Å²) in [6.45, 7) is 10.4. The predicted molar refractivity (Wildman–Crippen MR) is 75.7 cm³/mol. The molecule has 0 fully saturated rings. The molecule has 3 heteroatoms. The van der Waals surface area contributed by atoms with Crippen molar-refractivity contribution in [3.05, 3.63) is 22.4 Å². The third-order valence-electron chi connectivity index (χ3n) is 3.44. The number of thiophene rings is 1. The minimum Gasteiger partial charge on any atom is -0.373 e. The zero-order valence-electron chi connectivity index (χ0n) is 11.5. The van der Waals surface area contributed by atoms with E-state index in [4.69, 9.17) is 4.74 Å². The quantitative estimate of drug-likeness (QED) is 0.758. The molecular formula is C14H25NOS. The largest absolute Gasteiger partial charge is 0.373 e. The fraction of sp³-hybridized carbons (Fsp3) is 0.714. The summed E-state index contributed by atoms with van der Waals surface area (Å²) in [6, 6.07) is 2.51. The van der Waals surface area contributed by atoms with Crippen LogP contribution in [-0.4, -0.2) is 18.8 Å². The van der Waals surface area contributed by atoms with Crippen LogP contribution in [0.2, 0.25) is 0 Å². The van der Waals surface area contributed by atoms with E-state index in [9.17, 15) is 0 Å². The summed E-state index contributed by atoms with van der Waals surface area (Å²) >= 11 is 1.75. The van der Waals surface area contributed by atoms with E-state index in [1.54, 1.807) is 11.3 Å². The van der Waals surface area contributed by atoms with Crippen molar-refractivity contribution in [2.75, 3.05) is 13.2 Å². The van der Waals surface area contributed by atoms with Crippen LogP contribution in [0.4, 0.5) is 0 Å². The molecule has 0 aliphatic carbocycles. The lowest BCUT2D eigenvalue weighted by Crippen LogP contribution is -2.45. The van der Waals surface area contributed by atoms with Gasteiger partial charge in [-0.3, -0.25) is 0 Å². The lowest BCUT2D eigenvalue weighted by Gasteiger charge is -2.39. The fourth-order valence-electron chi connectivity index (χ4n) is 2.48. The summed E-state index contributed by atoms with van der Waals surface area (Å²) in [5, 5.41) is 7.96. The molecule has 1 rings (SSSR count). The second kappa shape index (κ2) is 7.14. The Labute approximate surface area is 109 Å². The maximum atomic E-state index is 6.11. The molecule has 0 aromatic carbocycles. The third-order valence-corrected chi connectivity index (χ3v) is 4.14. The molecule has 0 radical (unpaired) electrons. The van der Waals surface area contributed by atoms with Gasteiger partial charge in [0.1, 0.15) is 0 Å². The molecule has 0 saturated heterocycles. The van der Waals surface area contributed by atoms with Crippen LogP contribution in [-0.2, 0) is 4.74 Å². The first-order valence-electron chi connectivity index (χ1n) is 6.63. The molecule has 1 atom stereocenters. The minimum atomic E-state index is -0.0775. The van der Waals surface area contributed by atoms with Gasteiger partial charge in [0.05, 0.1) is 11.6 Å². The third kappa shape index (κ3) is 3.30. The fourth-order valence-corrected chi connectivity index (χ4v) is 3.17. The van der Waals surface area contributed by atoms with E-state index in [-0.39, 0.29) is 5.60 Å². The maximum absolute atomic E-state index is 6.11. The van der Waals surface area contributed by atoms with Crippen molar-refractivity contribution in [1.82, 2.24) is 5.32 Å². The zero-order valence-corrected chi connectivity index (χ0v) is 12.3. The molecule has 1 unspecified atom stereocenters. The van der Waals surface area contributed by atoms with Gasteiger partial charge in [-0.05, 0) is 48.7 Å². The Morgan fingerprint density at radius 3 is 2.41 bits per heavy atom. The van der Waals surface area contributed by atoms with Crippen molar-refractivity contribution in [2.24, 2.45) is 0 Å². The zero-order chi connectivity index (χ0) is 12.7. The molecule has 1 N–H and O–H groups in total. The number of likely N-dealkylation sites (N-methyl/N-ethyl adjacent to an activating group) is 1. The smallest absolute Gasteiger partial charge is 0.0871 e. The van der Waals surface area contributed by atoms with E-state index in [1.165, 1.54) is 5.56 Å². The molecule has 0 amide bonds. The molecule has 1 heterocycles. The van der Waals surface area contributed by atoms with Gasteiger partial charge >= 0.3 is 0 Å². The van der Waals surface area contributed by atoms with E-state index < -0.39 is 0 Å². The van der Waals surface area contributed by atoms with E-state index in [1.807, 2.05) is 0 Å². The van der Waals surface area contributed by atoms with Crippen molar-refractivity contribution in [3.8, 4) is 0 Å². The number of nitrogens with one attached hydrogen (secondary N) is 1. The van der Waals surface area contributed by atoms with E-state index in [0.717, 1.165) is 26.0 Å². The van der Waals surface area contributed by atoms with Gasteiger partial charge in [-0.25, -0.2) is 0 Å². The van der Waals surface area contributed by atoms with Crippen LogP contribution in [0.5, 0.6) is 0 Å². The first-order valence-corrected chi connectivity index (χ1v) is 7.57. The van der Waals surface area contributed by atoms with Crippen LogP contribution >= 0.6 is 11.3 Å². The van der Waals surface area contributed by atoms with Crippen LogP contribution in [0, 0.1) is 0 Å². The van der Waals surface area contributed by atoms with Crippen LogP contribution in [0.15, 0.2) is 16.8 Å². The maximum Gasteiger partial charge on any atom is 0.0871 e. The number of rotatable bonds is 8. The SMILES string of the molecule is CCNC(c1ccsc1)C(CC)(CC)OCC. The van der Waals surface area contributed by atoms with Gasteiger partial charge in [0.25, 0.3) is 0 Å². The molecule has 0 saturated carbocycles. The Hall–Kier alpha value is -0.380. The molecule has 0 bridgehead atoms. The van der Waals surface area contributed by atoms with Crippen molar-refractivity contribution in [1.29, 1.82) is 0 Å². The Morgan fingerprint density at radius 1 is 1.29 bits per heavy atom. The molecule has 1 aromatic rings. The highest BCUT2D eigenvalue weighted by atomic mass is 32.1. The van der Waals surface area contributed by atoms with Crippen LogP contribution in [0.25, 0.3) is 0 Å². The van der Waals surface area contributed by atoms with Gasteiger partial charge < -0.3 is 10.1 Å². The number of ether oxygens (including phenoxy) is 1. The molecule has 0 aliphatic heterocycles. The molecule has 1 aromatic heterocycles.